The third-order valence-electron chi connectivity index (χ3n) is 4.64. The Morgan fingerprint density at radius 1 is 1.03 bits per heavy atom. The second-order valence-corrected chi connectivity index (χ2v) is 6.72. The van der Waals surface area contributed by atoms with Crippen LogP contribution in [0.25, 0.3) is 22.1 Å². The predicted molar refractivity (Wildman–Crippen MR) is 111 cm³/mol. The zero-order valence-electron chi connectivity index (χ0n) is 16.3. The molecule has 0 aliphatic carbocycles. The maximum absolute atomic E-state index is 12.9. The second kappa shape index (κ2) is 8.19. The van der Waals surface area contributed by atoms with Crippen molar-refractivity contribution in [3.05, 3.63) is 83.6 Å². The van der Waals surface area contributed by atoms with Gasteiger partial charge in [0.05, 0.1) is 6.61 Å². The third-order valence-corrected chi connectivity index (χ3v) is 4.64. The molecule has 0 aliphatic rings. The smallest absolute Gasteiger partial charge is 0.342 e. The van der Waals surface area contributed by atoms with Crippen molar-refractivity contribution in [3.8, 4) is 17.1 Å². The maximum Gasteiger partial charge on any atom is 0.342 e. The Hall–Kier alpha value is -3.60. The Balaban J connectivity index is 1.55. The number of ether oxygens (including phenoxy) is 2. The Kier molecular flexibility index (Phi) is 5.29. The zero-order valence-corrected chi connectivity index (χ0v) is 16.3. The number of hydrogen-bond donors (Lipinski definition) is 0. The van der Waals surface area contributed by atoms with Crippen LogP contribution >= 0.6 is 0 Å². The van der Waals surface area contributed by atoms with Gasteiger partial charge in [-0.3, -0.25) is 0 Å². The van der Waals surface area contributed by atoms with Crippen LogP contribution in [0.2, 0.25) is 0 Å². The van der Waals surface area contributed by atoms with E-state index in [-0.39, 0.29) is 6.61 Å². The summed E-state index contributed by atoms with van der Waals surface area (Å²) < 4.78 is 16.6. The van der Waals surface area contributed by atoms with Crippen LogP contribution in [0.5, 0.6) is 5.75 Å². The number of esters is 1. The van der Waals surface area contributed by atoms with Crippen molar-refractivity contribution in [1.29, 1.82) is 0 Å². The fourth-order valence-electron chi connectivity index (χ4n) is 3.18. The van der Waals surface area contributed by atoms with Crippen LogP contribution in [0.3, 0.4) is 0 Å². The van der Waals surface area contributed by atoms with E-state index in [1.165, 1.54) is 5.56 Å². The number of fused-ring (bicyclic) bond motifs is 1. The summed E-state index contributed by atoms with van der Waals surface area (Å²) in [6, 6.07) is 21.1. The molecule has 1 aromatic heterocycles. The molecule has 0 amide bonds. The van der Waals surface area contributed by atoms with Gasteiger partial charge in [-0.1, -0.05) is 65.3 Å². The SMILES string of the molecule is CCOc1ccc2ccccc2c1C(=O)OCc1cc(-c2ccc(C)cc2)on1. The zero-order chi connectivity index (χ0) is 20.2. The lowest BCUT2D eigenvalue weighted by Gasteiger charge is -2.12. The fourth-order valence-corrected chi connectivity index (χ4v) is 3.18. The average molecular weight is 387 g/mol. The Morgan fingerprint density at radius 2 is 1.83 bits per heavy atom. The molecular formula is C24H21NO4. The molecule has 4 aromatic rings. The molecule has 0 saturated carbocycles. The minimum atomic E-state index is -0.454. The molecule has 0 bridgehead atoms. The lowest BCUT2D eigenvalue weighted by atomic mass is 10.0. The average Bonchev–Trinajstić information content (AvgIpc) is 3.21. The van der Waals surface area contributed by atoms with E-state index in [1.807, 2.05) is 68.4 Å². The molecule has 0 spiro atoms. The Labute approximate surface area is 168 Å². The minimum Gasteiger partial charge on any atom is -0.493 e. The number of carbonyl (C=O) groups is 1. The van der Waals surface area contributed by atoms with Gasteiger partial charge < -0.3 is 14.0 Å². The second-order valence-electron chi connectivity index (χ2n) is 6.72. The molecule has 4 rings (SSSR count). The van der Waals surface area contributed by atoms with Gasteiger partial charge in [0.2, 0.25) is 0 Å². The van der Waals surface area contributed by atoms with Gasteiger partial charge in [0.1, 0.15) is 23.6 Å². The van der Waals surface area contributed by atoms with Gasteiger partial charge in [-0.2, -0.15) is 0 Å². The largest absolute Gasteiger partial charge is 0.493 e. The van der Waals surface area contributed by atoms with E-state index in [4.69, 9.17) is 14.0 Å². The molecule has 0 fully saturated rings. The normalized spacial score (nSPS) is 10.8. The molecule has 146 valence electrons. The highest BCUT2D eigenvalue weighted by Crippen LogP contribution is 2.29. The van der Waals surface area contributed by atoms with Crippen LogP contribution in [0.1, 0.15) is 28.5 Å². The van der Waals surface area contributed by atoms with Gasteiger partial charge >= 0.3 is 5.97 Å². The first-order valence-electron chi connectivity index (χ1n) is 9.50. The van der Waals surface area contributed by atoms with Crippen molar-refractivity contribution in [2.75, 3.05) is 6.61 Å². The topological polar surface area (TPSA) is 61.6 Å². The Morgan fingerprint density at radius 3 is 2.62 bits per heavy atom. The van der Waals surface area contributed by atoms with E-state index in [0.717, 1.165) is 16.3 Å². The molecule has 0 saturated heterocycles. The van der Waals surface area contributed by atoms with E-state index in [1.54, 1.807) is 12.1 Å². The van der Waals surface area contributed by atoms with E-state index in [9.17, 15) is 4.79 Å². The van der Waals surface area contributed by atoms with Crippen LogP contribution in [0.15, 0.2) is 71.3 Å². The number of benzene rings is 3. The van der Waals surface area contributed by atoms with Gasteiger partial charge in [0.15, 0.2) is 5.76 Å². The van der Waals surface area contributed by atoms with Crippen molar-refractivity contribution in [2.24, 2.45) is 0 Å². The van der Waals surface area contributed by atoms with Gasteiger partial charge in [0, 0.05) is 11.6 Å². The minimum absolute atomic E-state index is 0.0168. The highest BCUT2D eigenvalue weighted by Gasteiger charge is 2.19. The molecule has 0 radical (unpaired) electrons. The van der Waals surface area contributed by atoms with Crippen LogP contribution in [-0.4, -0.2) is 17.7 Å². The number of carbonyl (C=O) groups excluding carboxylic acids is 1. The van der Waals surface area contributed by atoms with E-state index >= 15 is 0 Å². The summed E-state index contributed by atoms with van der Waals surface area (Å²) in [7, 11) is 0. The van der Waals surface area contributed by atoms with Gasteiger partial charge in [0.25, 0.3) is 0 Å². The molecule has 5 heteroatoms. The van der Waals surface area contributed by atoms with Crippen LogP contribution in [0, 0.1) is 6.92 Å². The van der Waals surface area contributed by atoms with Gasteiger partial charge in [-0.15, -0.1) is 0 Å². The third kappa shape index (κ3) is 3.99. The van der Waals surface area contributed by atoms with Crippen molar-refractivity contribution in [1.82, 2.24) is 5.16 Å². The summed E-state index contributed by atoms with van der Waals surface area (Å²) in [5.74, 6) is 0.693. The van der Waals surface area contributed by atoms with Crippen molar-refractivity contribution in [2.45, 2.75) is 20.5 Å². The monoisotopic (exact) mass is 387 g/mol. The first-order valence-corrected chi connectivity index (χ1v) is 9.50. The standard InChI is InChI=1S/C24H21NO4/c1-3-27-21-13-12-17-6-4-5-7-20(17)23(21)24(26)28-15-19-14-22(29-25-19)18-10-8-16(2)9-11-18/h4-14H,3,15H2,1-2H3. The predicted octanol–water partition coefficient (Wildman–Crippen LogP) is 5.56. The molecule has 0 atom stereocenters. The van der Waals surface area contributed by atoms with Crippen molar-refractivity contribution < 1.29 is 18.8 Å². The van der Waals surface area contributed by atoms with E-state index in [0.29, 0.717) is 29.4 Å². The summed E-state index contributed by atoms with van der Waals surface area (Å²) >= 11 is 0. The molecule has 29 heavy (non-hydrogen) atoms. The number of rotatable bonds is 6. The highest BCUT2D eigenvalue weighted by molar-refractivity contribution is 6.07. The number of nitrogens with zero attached hydrogens (tertiary/aromatic N) is 1. The lowest BCUT2D eigenvalue weighted by molar-refractivity contribution is 0.0462. The molecule has 1 heterocycles. The van der Waals surface area contributed by atoms with Gasteiger partial charge in [-0.05, 0) is 30.7 Å². The summed E-state index contributed by atoms with van der Waals surface area (Å²) in [5.41, 5.74) is 3.07. The molecular weight excluding hydrogens is 366 g/mol. The molecule has 3 aromatic carbocycles. The summed E-state index contributed by atoms with van der Waals surface area (Å²) in [4.78, 5) is 12.9. The first kappa shape index (κ1) is 18.7. The van der Waals surface area contributed by atoms with E-state index < -0.39 is 5.97 Å². The molecule has 0 unspecified atom stereocenters. The molecule has 0 N–H and O–H groups in total. The van der Waals surface area contributed by atoms with Gasteiger partial charge in [-0.25, -0.2) is 4.79 Å². The molecule has 5 nitrogen and oxygen atoms in total. The first-order chi connectivity index (χ1) is 14.2. The van der Waals surface area contributed by atoms with Crippen LogP contribution < -0.4 is 4.74 Å². The summed E-state index contributed by atoms with van der Waals surface area (Å²) in [6.07, 6.45) is 0. The molecule has 0 aliphatic heterocycles. The number of hydrogen-bond acceptors (Lipinski definition) is 5. The van der Waals surface area contributed by atoms with E-state index in [2.05, 4.69) is 5.16 Å². The van der Waals surface area contributed by atoms with Crippen LogP contribution in [0.4, 0.5) is 0 Å². The summed E-state index contributed by atoms with van der Waals surface area (Å²) in [5, 5.41) is 5.76. The number of aromatic nitrogens is 1. The fraction of sp³-hybridized carbons (Fsp3) is 0.167. The number of aryl methyl sites for hydroxylation is 1. The summed E-state index contributed by atoms with van der Waals surface area (Å²) in [6.45, 7) is 4.38. The Bertz CT molecular complexity index is 1150. The quantitative estimate of drug-likeness (QED) is 0.405. The van der Waals surface area contributed by atoms with Crippen molar-refractivity contribution >= 4 is 16.7 Å². The lowest BCUT2D eigenvalue weighted by Crippen LogP contribution is -2.09. The maximum atomic E-state index is 12.9. The highest BCUT2D eigenvalue weighted by atomic mass is 16.5. The van der Waals surface area contributed by atoms with Crippen LogP contribution in [-0.2, 0) is 11.3 Å². The van der Waals surface area contributed by atoms with Crippen molar-refractivity contribution in [3.63, 3.8) is 0 Å².